The molecule has 0 bridgehead atoms. The number of benzene rings is 2. The maximum Gasteiger partial charge on any atom is 0.259 e. The van der Waals surface area contributed by atoms with Gasteiger partial charge in [-0.1, -0.05) is 41.2 Å². The lowest BCUT2D eigenvalue weighted by Gasteiger charge is -2.10. The summed E-state index contributed by atoms with van der Waals surface area (Å²) in [6, 6.07) is 14.2. The van der Waals surface area contributed by atoms with Gasteiger partial charge >= 0.3 is 0 Å². The highest BCUT2D eigenvalue weighted by atomic mass is 32.1. The van der Waals surface area contributed by atoms with Crippen molar-refractivity contribution < 1.29 is 9.59 Å². The highest BCUT2D eigenvalue weighted by Gasteiger charge is 2.28. The average Bonchev–Trinajstić information content (AvgIpc) is 3.41. The molecule has 0 saturated heterocycles. The Balaban J connectivity index is 1.51. The van der Waals surface area contributed by atoms with Crippen molar-refractivity contribution in [1.29, 1.82) is 0 Å². The van der Waals surface area contributed by atoms with Crippen LogP contribution in [0.25, 0.3) is 0 Å². The third-order valence-corrected chi connectivity index (χ3v) is 5.29. The van der Waals surface area contributed by atoms with E-state index in [0.717, 1.165) is 23.4 Å². The number of rotatable bonds is 5. The fourth-order valence-electron chi connectivity index (χ4n) is 2.72. The molecule has 0 unspecified atom stereocenters. The highest BCUT2D eigenvalue weighted by Crippen LogP contribution is 2.42. The predicted molar refractivity (Wildman–Crippen MR) is 105 cm³/mol. The monoisotopic (exact) mass is 378 g/mol. The molecule has 2 amide bonds. The number of nitrogens with one attached hydrogen (secondary N) is 2. The number of aryl methyl sites for hydroxylation is 1. The summed E-state index contributed by atoms with van der Waals surface area (Å²) in [6.45, 7) is 1.93. The minimum atomic E-state index is -0.325. The van der Waals surface area contributed by atoms with Crippen LogP contribution in [0.15, 0.2) is 48.5 Å². The standard InChI is InChI=1S/C20H18N4O2S/c1-12-5-4-6-14(11-12)17(25)21-16-8-3-2-7-15(16)18(26)22-20-24-23-19(27-20)13-9-10-13/h2-8,11,13H,9-10H2,1H3,(H,21,25)(H,22,24,26). The van der Waals surface area contributed by atoms with E-state index >= 15 is 0 Å². The molecule has 2 N–H and O–H groups in total. The molecule has 2 aromatic carbocycles. The van der Waals surface area contributed by atoms with E-state index in [0.29, 0.717) is 27.9 Å². The minimum Gasteiger partial charge on any atom is -0.321 e. The van der Waals surface area contributed by atoms with Crippen LogP contribution in [0.4, 0.5) is 10.8 Å². The predicted octanol–water partition coefficient (Wildman–Crippen LogP) is 4.23. The molecule has 1 heterocycles. The van der Waals surface area contributed by atoms with Gasteiger partial charge in [0.25, 0.3) is 11.8 Å². The molecule has 1 aliphatic rings. The second-order valence-corrected chi connectivity index (χ2v) is 7.55. The van der Waals surface area contributed by atoms with Crippen molar-refractivity contribution in [2.45, 2.75) is 25.7 Å². The van der Waals surface area contributed by atoms with Gasteiger partial charge in [-0.05, 0) is 44.0 Å². The Morgan fingerprint density at radius 1 is 1.00 bits per heavy atom. The molecule has 3 aromatic rings. The number of carbonyl (C=O) groups is 2. The van der Waals surface area contributed by atoms with E-state index in [9.17, 15) is 9.59 Å². The minimum absolute atomic E-state index is 0.258. The summed E-state index contributed by atoms with van der Waals surface area (Å²) in [5.74, 6) is -0.0893. The van der Waals surface area contributed by atoms with Gasteiger partial charge in [-0.25, -0.2) is 0 Å². The zero-order valence-corrected chi connectivity index (χ0v) is 15.5. The summed E-state index contributed by atoms with van der Waals surface area (Å²) in [7, 11) is 0. The van der Waals surface area contributed by atoms with E-state index < -0.39 is 0 Å². The van der Waals surface area contributed by atoms with E-state index in [1.807, 2.05) is 19.1 Å². The van der Waals surface area contributed by atoms with Crippen LogP contribution in [-0.4, -0.2) is 22.0 Å². The smallest absolute Gasteiger partial charge is 0.259 e. The molecule has 7 heteroatoms. The Hall–Kier alpha value is -3.06. The van der Waals surface area contributed by atoms with E-state index in [1.165, 1.54) is 11.3 Å². The lowest BCUT2D eigenvalue weighted by atomic mass is 10.1. The Labute approximate surface area is 160 Å². The molecule has 1 fully saturated rings. The van der Waals surface area contributed by atoms with Crippen LogP contribution in [0.1, 0.15) is 50.0 Å². The number of nitrogens with zero attached hydrogens (tertiary/aromatic N) is 2. The van der Waals surface area contributed by atoms with Gasteiger partial charge in [-0.2, -0.15) is 0 Å². The summed E-state index contributed by atoms with van der Waals surface area (Å²) in [5.41, 5.74) is 2.37. The second kappa shape index (κ2) is 7.28. The Bertz CT molecular complexity index is 1010. The van der Waals surface area contributed by atoms with Crippen molar-refractivity contribution in [2.75, 3.05) is 10.6 Å². The van der Waals surface area contributed by atoms with Gasteiger partial charge in [0.15, 0.2) is 0 Å². The molecule has 1 aromatic heterocycles. The summed E-state index contributed by atoms with van der Waals surface area (Å²) in [6.07, 6.45) is 2.27. The van der Waals surface area contributed by atoms with Crippen molar-refractivity contribution >= 4 is 34.0 Å². The first-order valence-corrected chi connectivity index (χ1v) is 9.53. The first-order valence-electron chi connectivity index (χ1n) is 8.72. The van der Waals surface area contributed by atoms with Crippen molar-refractivity contribution in [3.8, 4) is 0 Å². The summed E-state index contributed by atoms with van der Waals surface area (Å²) in [4.78, 5) is 25.2. The van der Waals surface area contributed by atoms with Gasteiger partial charge < -0.3 is 5.32 Å². The SMILES string of the molecule is Cc1cccc(C(=O)Nc2ccccc2C(=O)Nc2nnc(C3CC3)s2)c1. The van der Waals surface area contributed by atoms with Crippen molar-refractivity contribution in [2.24, 2.45) is 0 Å². The molecular formula is C20H18N4O2S. The van der Waals surface area contributed by atoms with Gasteiger partial charge in [0, 0.05) is 11.5 Å². The van der Waals surface area contributed by atoms with Gasteiger partial charge in [0.1, 0.15) is 5.01 Å². The Morgan fingerprint density at radius 2 is 1.81 bits per heavy atom. The average molecular weight is 378 g/mol. The fourth-order valence-corrected chi connectivity index (χ4v) is 3.62. The van der Waals surface area contributed by atoms with Crippen LogP contribution in [-0.2, 0) is 0 Å². The maximum absolute atomic E-state index is 12.7. The molecule has 27 heavy (non-hydrogen) atoms. The number of carbonyl (C=O) groups excluding carboxylic acids is 2. The molecule has 0 atom stereocenters. The molecular weight excluding hydrogens is 360 g/mol. The zero-order valence-electron chi connectivity index (χ0n) is 14.7. The number of amides is 2. The van der Waals surface area contributed by atoms with E-state index in [2.05, 4.69) is 20.8 Å². The van der Waals surface area contributed by atoms with Gasteiger partial charge in [0.05, 0.1) is 11.3 Å². The molecule has 0 spiro atoms. The van der Waals surface area contributed by atoms with Crippen LogP contribution in [0, 0.1) is 6.92 Å². The summed E-state index contributed by atoms with van der Waals surface area (Å²) >= 11 is 1.40. The van der Waals surface area contributed by atoms with Crippen LogP contribution in [0.5, 0.6) is 0 Å². The third-order valence-electron chi connectivity index (χ3n) is 4.29. The van der Waals surface area contributed by atoms with Crippen LogP contribution in [0.3, 0.4) is 0 Å². The lowest BCUT2D eigenvalue weighted by molar-refractivity contribution is 0.102. The number of aromatic nitrogens is 2. The quantitative estimate of drug-likeness (QED) is 0.696. The number of anilines is 2. The third kappa shape index (κ3) is 4.03. The molecule has 6 nitrogen and oxygen atoms in total. The van der Waals surface area contributed by atoms with Crippen LogP contribution in [0.2, 0.25) is 0 Å². The van der Waals surface area contributed by atoms with Crippen LogP contribution < -0.4 is 10.6 Å². The van der Waals surface area contributed by atoms with Gasteiger partial charge in [0.2, 0.25) is 5.13 Å². The lowest BCUT2D eigenvalue weighted by Crippen LogP contribution is -2.18. The molecule has 0 radical (unpaired) electrons. The van der Waals surface area contributed by atoms with Crippen molar-refractivity contribution in [3.05, 3.63) is 70.2 Å². The molecule has 1 aliphatic carbocycles. The molecule has 1 saturated carbocycles. The molecule has 136 valence electrons. The van der Waals surface area contributed by atoms with E-state index in [1.54, 1.807) is 36.4 Å². The molecule has 0 aliphatic heterocycles. The highest BCUT2D eigenvalue weighted by molar-refractivity contribution is 7.15. The normalized spacial score (nSPS) is 13.2. The number of hydrogen-bond donors (Lipinski definition) is 2. The Kier molecular flexibility index (Phi) is 4.68. The second-order valence-electron chi connectivity index (χ2n) is 6.54. The number of para-hydroxylation sites is 1. The topological polar surface area (TPSA) is 84.0 Å². The van der Waals surface area contributed by atoms with Gasteiger partial charge in [-0.15, -0.1) is 10.2 Å². The summed E-state index contributed by atoms with van der Waals surface area (Å²) < 4.78 is 0. The Morgan fingerprint density at radius 3 is 2.59 bits per heavy atom. The van der Waals surface area contributed by atoms with Crippen molar-refractivity contribution in [1.82, 2.24) is 10.2 Å². The van der Waals surface area contributed by atoms with E-state index in [4.69, 9.17) is 0 Å². The van der Waals surface area contributed by atoms with Gasteiger partial charge in [-0.3, -0.25) is 14.9 Å². The van der Waals surface area contributed by atoms with Crippen LogP contribution >= 0.6 is 11.3 Å². The maximum atomic E-state index is 12.7. The summed E-state index contributed by atoms with van der Waals surface area (Å²) in [5, 5.41) is 15.2. The number of hydrogen-bond acceptors (Lipinski definition) is 5. The van der Waals surface area contributed by atoms with E-state index in [-0.39, 0.29) is 11.8 Å². The molecule has 4 rings (SSSR count). The van der Waals surface area contributed by atoms with Crippen molar-refractivity contribution in [3.63, 3.8) is 0 Å². The largest absolute Gasteiger partial charge is 0.321 e. The fraction of sp³-hybridized carbons (Fsp3) is 0.200. The first kappa shape index (κ1) is 17.4. The zero-order chi connectivity index (χ0) is 18.8. The first-order chi connectivity index (χ1) is 13.1.